The third-order valence-corrected chi connectivity index (χ3v) is 5.31. The van der Waals surface area contributed by atoms with Gasteiger partial charge in [-0.15, -0.1) is 0 Å². The second-order valence-electron chi connectivity index (χ2n) is 7.33. The fourth-order valence-corrected chi connectivity index (χ4v) is 3.88. The van der Waals surface area contributed by atoms with E-state index >= 15 is 0 Å². The Morgan fingerprint density at radius 3 is 2.03 bits per heavy atom. The Morgan fingerprint density at radius 2 is 1.40 bits per heavy atom. The molecule has 0 aliphatic carbocycles. The van der Waals surface area contributed by atoms with Crippen molar-refractivity contribution in [3.05, 3.63) is 107 Å². The van der Waals surface area contributed by atoms with E-state index < -0.39 is 5.97 Å². The lowest BCUT2D eigenvalue weighted by molar-refractivity contribution is -0.142. The molecule has 3 aromatic carbocycles. The Kier molecular flexibility index (Phi) is 5.75. The lowest BCUT2D eigenvalue weighted by atomic mass is 9.89. The van der Waals surface area contributed by atoms with Crippen molar-refractivity contribution in [2.75, 3.05) is 6.61 Å². The zero-order chi connectivity index (χ0) is 20.9. The van der Waals surface area contributed by atoms with Crippen LogP contribution in [0.5, 0.6) is 0 Å². The minimum absolute atomic E-state index is 0.121. The molecule has 1 N–H and O–H groups in total. The van der Waals surface area contributed by atoms with Gasteiger partial charge in [-0.2, -0.15) is 0 Å². The standard InChI is InChI=1S/C26H23NO3/c1-18-26(21-14-8-9-15-23(21)27-18)24(28)17-30-25(29)16-22(19-10-4-2-5-11-19)20-12-6-3-7-13-20/h2-15,22,27H,16-17H2,1H3. The number of carbonyl (C=O) groups is 2. The van der Waals surface area contributed by atoms with Gasteiger partial charge in [0, 0.05) is 28.1 Å². The molecule has 4 rings (SSSR count). The number of benzene rings is 3. The number of aromatic amines is 1. The third-order valence-electron chi connectivity index (χ3n) is 5.31. The summed E-state index contributed by atoms with van der Waals surface area (Å²) < 4.78 is 5.40. The van der Waals surface area contributed by atoms with Crippen molar-refractivity contribution in [3.8, 4) is 0 Å². The summed E-state index contributed by atoms with van der Waals surface area (Å²) in [5, 5.41) is 0.850. The second-order valence-corrected chi connectivity index (χ2v) is 7.33. The Labute approximate surface area is 175 Å². The number of hydrogen-bond acceptors (Lipinski definition) is 3. The van der Waals surface area contributed by atoms with E-state index in [0.29, 0.717) is 5.56 Å². The molecule has 0 saturated heterocycles. The van der Waals surface area contributed by atoms with Crippen molar-refractivity contribution >= 4 is 22.7 Å². The number of aryl methyl sites for hydroxylation is 1. The molecule has 0 amide bonds. The summed E-state index contributed by atoms with van der Waals surface area (Å²) in [5.41, 5.74) is 4.35. The summed E-state index contributed by atoms with van der Waals surface area (Å²) in [6, 6.07) is 27.4. The number of para-hydroxylation sites is 1. The first-order valence-corrected chi connectivity index (χ1v) is 9.99. The smallest absolute Gasteiger partial charge is 0.307 e. The first-order chi connectivity index (χ1) is 14.6. The maximum Gasteiger partial charge on any atom is 0.307 e. The van der Waals surface area contributed by atoms with E-state index in [0.717, 1.165) is 27.7 Å². The predicted molar refractivity (Wildman–Crippen MR) is 118 cm³/mol. The van der Waals surface area contributed by atoms with Gasteiger partial charge in [0.2, 0.25) is 5.78 Å². The van der Waals surface area contributed by atoms with Crippen molar-refractivity contribution in [1.29, 1.82) is 0 Å². The fourth-order valence-electron chi connectivity index (χ4n) is 3.88. The van der Waals surface area contributed by atoms with Gasteiger partial charge in [-0.25, -0.2) is 0 Å². The largest absolute Gasteiger partial charge is 0.457 e. The molecule has 150 valence electrons. The van der Waals surface area contributed by atoms with E-state index in [9.17, 15) is 9.59 Å². The number of fused-ring (bicyclic) bond motifs is 1. The SMILES string of the molecule is Cc1[nH]c2ccccc2c1C(=O)COC(=O)CC(c1ccccc1)c1ccccc1. The van der Waals surface area contributed by atoms with Crippen LogP contribution in [-0.4, -0.2) is 23.3 Å². The Bertz CT molecular complexity index is 1120. The molecule has 0 bridgehead atoms. The van der Waals surface area contributed by atoms with Gasteiger partial charge < -0.3 is 9.72 Å². The average molecular weight is 397 g/mol. The van der Waals surface area contributed by atoms with Gasteiger partial charge in [0.25, 0.3) is 0 Å². The number of ether oxygens (including phenoxy) is 1. The van der Waals surface area contributed by atoms with Crippen LogP contribution in [0.15, 0.2) is 84.9 Å². The molecular weight excluding hydrogens is 374 g/mol. The lowest BCUT2D eigenvalue weighted by Crippen LogP contribution is -2.17. The van der Waals surface area contributed by atoms with Crippen LogP contribution in [0.1, 0.15) is 39.5 Å². The van der Waals surface area contributed by atoms with Gasteiger partial charge in [0.05, 0.1) is 6.42 Å². The summed E-state index contributed by atoms with van der Waals surface area (Å²) in [6.45, 7) is 1.59. The fraction of sp³-hybridized carbons (Fsp3) is 0.154. The Morgan fingerprint density at radius 1 is 0.833 bits per heavy atom. The van der Waals surface area contributed by atoms with Gasteiger partial charge in [0.1, 0.15) is 0 Å². The highest BCUT2D eigenvalue weighted by Gasteiger charge is 2.21. The van der Waals surface area contributed by atoms with Gasteiger partial charge in [-0.1, -0.05) is 78.9 Å². The van der Waals surface area contributed by atoms with Crippen molar-refractivity contribution in [2.24, 2.45) is 0 Å². The number of H-pyrrole nitrogens is 1. The number of esters is 1. The van der Waals surface area contributed by atoms with Crippen molar-refractivity contribution in [3.63, 3.8) is 0 Å². The maximum absolute atomic E-state index is 12.8. The first kappa shape index (κ1) is 19.6. The van der Waals surface area contributed by atoms with Crippen LogP contribution in [0, 0.1) is 6.92 Å². The molecule has 0 aliphatic heterocycles. The predicted octanol–water partition coefficient (Wildman–Crippen LogP) is 5.42. The molecule has 30 heavy (non-hydrogen) atoms. The molecule has 4 aromatic rings. The highest BCUT2D eigenvalue weighted by molar-refractivity contribution is 6.10. The van der Waals surface area contributed by atoms with Crippen LogP contribution in [0.3, 0.4) is 0 Å². The number of aromatic nitrogens is 1. The molecule has 0 radical (unpaired) electrons. The highest BCUT2D eigenvalue weighted by Crippen LogP contribution is 2.28. The molecule has 0 aliphatic rings. The topological polar surface area (TPSA) is 59.2 Å². The van der Waals surface area contributed by atoms with Gasteiger partial charge in [-0.05, 0) is 24.1 Å². The number of ketones is 1. The molecule has 4 heteroatoms. The molecule has 1 heterocycles. The summed E-state index contributed by atoms with van der Waals surface area (Å²) in [5.74, 6) is -0.711. The van der Waals surface area contributed by atoms with Gasteiger partial charge in [-0.3, -0.25) is 9.59 Å². The number of rotatable bonds is 7. The van der Waals surface area contributed by atoms with E-state index in [4.69, 9.17) is 4.74 Å². The lowest BCUT2D eigenvalue weighted by Gasteiger charge is -2.17. The molecule has 0 atom stereocenters. The molecule has 0 spiro atoms. The maximum atomic E-state index is 12.8. The zero-order valence-electron chi connectivity index (χ0n) is 16.8. The number of nitrogens with one attached hydrogen (secondary N) is 1. The van der Waals surface area contributed by atoms with Crippen LogP contribution in [0.4, 0.5) is 0 Å². The molecule has 0 fully saturated rings. The van der Waals surface area contributed by atoms with Crippen LogP contribution in [0.2, 0.25) is 0 Å². The van der Waals surface area contributed by atoms with E-state index in [2.05, 4.69) is 4.98 Å². The Balaban J connectivity index is 1.47. The number of carbonyl (C=O) groups excluding carboxylic acids is 2. The van der Waals surface area contributed by atoms with Crippen LogP contribution < -0.4 is 0 Å². The molecule has 1 aromatic heterocycles. The van der Waals surface area contributed by atoms with Gasteiger partial charge >= 0.3 is 5.97 Å². The van der Waals surface area contributed by atoms with Crippen LogP contribution in [0.25, 0.3) is 10.9 Å². The first-order valence-electron chi connectivity index (χ1n) is 9.99. The molecule has 0 saturated carbocycles. The van der Waals surface area contributed by atoms with E-state index in [1.54, 1.807) is 0 Å². The van der Waals surface area contributed by atoms with Crippen molar-refractivity contribution in [1.82, 2.24) is 4.98 Å². The number of hydrogen-bond donors (Lipinski definition) is 1. The average Bonchev–Trinajstić information content (AvgIpc) is 3.12. The van der Waals surface area contributed by atoms with E-state index in [-0.39, 0.29) is 24.7 Å². The normalized spacial score (nSPS) is 11.0. The number of Topliss-reactive ketones (excluding diaryl/α,β-unsaturated/α-hetero) is 1. The zero-order valence-corrected chi connectivity index (χ0v) is 16.8. The highest BCUT2D eigenvalue weighted by atomic mass is 16.5. The summed E-state index contributed by atoms with van der Waals surface area (Å²) in [7, 11) is 0. The Hall–Kier alpha value is -3.66. The van der Waals surface area contributed by atoms with Gasteiger partial charge in [0.15, 0.2) is 6.61 Å². The monoisotopic (exact) mass is 397 g/mol. The van der Waals surface area contributed by atoms with Crippen molar-refractivity contribution in [2.45, 2.75) is 19.3 Å². The molecule has 4 nitrogen and oxygen atoms in total. The van der Waals surface area contributed by atoms with Crippen molar-refractivity contribution < 1.29 is 14.3 Å². The second kappa shape index (κ2) is 8.78. The summed E-state index contributed by atoms with van der Waals surface area (Å²) in [6.07, 6.45) is 0.175. The minimum atomic E-state index is -0.390. The quantitative estimate of drug-likeness (QED) is 0.334. The molecular formula is C26H23NO3. The summed E-state index contributed by atoms with van der Waals surface area (Å²) >= 11 is 0. The molecule has 0 unspecified atom stereocenters. The summed E-state index contributed by atoms with van der Waals surface area (Å²) in [4.78, 5) is 28.6. The van der Waals surface area contributed by atoms with E-state index in [1.807, 2.05) is 91.9 Å². The van der Waals surface area contributed by atoms with E-state index in [1.165, 1.54) is 0 Å². The van der Waals surface area contributed by atoms with Crippen LogP contribution in [-0.2, 0) is 9.53 Å². The minimum Gasteiger partial charge on any atom is -0.457 e. The van der Waals surface area contributed by atoms with Crippen LogP contribution >= 0.6 is 0 Å². The third kappa shape index (κ3) is 4.18.